The molecule has 0 radical (unpaired) electrons. The van der Waals surface area contributed by atoms with Gasteiger partial charge in [-0.3, -0.25) is 19.0 Å². The van der Waals surface area contributed by atoms with Crippen LogP contribution < -0.4 is 30.4 Å². The Morgan fingerprint density at radius 3 is 2.40 bits per heavy atom. The van der Waals surface area contributed by atoms with Crippen LogP contribution >= 0.6 is 11.8 Å². The van der Waals surface area contributed by atoms with Gasteiger partial charge in [0.15, 0.2) is 16.7 Å². The standard InChI is InChI=1S/C31H34N4O6S/c1-39-25-12-7-6-11-24(25)33-29(37)20-42-31-34-23-10-5-4-9-22(23)30(38)35(31)18-8-13-28(36)32-17-16-21-14-15-26(40-2)27(19-21)41-3/h4-7,9-12,14-15,19H,8,13,16-18,20H2,1-3H3,(H,32,36)(H,33,37). The molecule has 4 rings (SSSR count). The number of para-hydroxylation sites is 3. The Hall–Kier alpha value is -4.51. The first-order valence-corrected chi connectivity index (χ1v) is 14.4. The van der Waals surface area contributed by atoms with E-state index in [0.29, 0.717) is 58.4 Å². The van der Waals surface area contributed by atoms with Gasteiger partial charge in [0.25, 0.3) is 5.56 Å². The van der Waals surface area contributed by atoms with Crippen LogP contribution in [0.25, 0.3) is 10.9 Å². The Labute approximate surface area is 248 Å². The monoisotopic (exact) mass is 590 g/mol. The van der Waals surface area contributed by atoms with Crippen molar-refractivity contribution < 1.29 is 23.8 Å². The number of rotatable bonds is 14. The molecular formula is C31H34N4O6S. The number of carbonyl (C=O) groups is 2. The number of fused-ring (bicyclic) bond motifs is 1. The van der Waals surface area contributed by atoms with E-state index in [-0.39, 0.29) is 36.1 Å². The highest BCUT2D eigenvalue weighted by molar-refractivity contribution is 7.99. The average molecular weight is 591 g/mol. The van der Waals surface area contributed by atoms with Crippen molar-refractivity contribution in [1.29, 1.82) is 0 Å². The lowest BCUT2D eigenvalue weighted by molar-refractivity contribution is -0.121. The summed E-state index contributed by atoms with van der Waals surface area (Å²) in [4.78, 5) is 43.3. The molecule has 0 saturated carbocycles. The third-order valence-corrected chi connectivity index (χ3v) is 7.49. The summed E-state index contributed by atoms with van der Waals surface area (Å²) in [6.07, 6.45) is 1.31. The van der Waals surface area contributed by atoms with E-state index < -0.39 is 0 Å². The van der Waals surface area contributed by atoms with Crippen molar-refractivity contribution in [2.24, 2.45) is 0 Å². The van der Waals surface area contributed by atoms with Crippen molar-refractivity contribution in [2.75, 3.05) is 38.9 Å². The van der Waals surface area contributed by atoms with Gasteiger partial charge < -0.3 is 24.8 Å². The van der Waals surface area contributed by atoms with Crippen LogP contribution in [0.5, 0.6) is 17.2 Å². The molecule has 220 valence electrons. The first kappa shape index (κ1) is 30.4. The molecule has 2 amide bonds. The van der Waals surface area contributed by atoms with Gasteiger partial charge >= 0.3 is 0 Å². The van der Waals surface area contributed by atoms with E-state index in [0.717, 1.165) is 5.56 Å². The van der Waals surface area contributed by atoms with E-state index >= 15 is 0 Å². The van der Waals surface area contributed by atoms with Crippen LogP contribution in [0.3, 0.4) is 0 Å². The third kappa shape index (κ3) is 7.82. The Kier molecular flexibility index (Phi) is 10.8. The molecule has 0 unspecified atom stereocenters. The number of amides is 2. The SMILES string of the molecule is COc1ccccc1NC(=O)CSc1nc2ccccc2c(=O)n1CCCC(=O)NCCc1ccc(OC)c(OC)c1. The molecule has 0 fully saturated rings. The van der Waals surface area contributed by atoms with Gasteiger partial charge in [0.05, 0.1) is 43.7 Å². The molecule has 0 atom stereocenters. The average Bonchev–Trinajstić information content (AvgIpc) is 3.01. The molecule has 0 aliphatic carbocycles. The number of hydrogen-bond donors (Lipinski definition) is 2. The van der Waals surface area contributed by atoms with E-state index in [1.807, 2.05) is 30.3 Å². The van der Waals surface area contributed by atoms with Crippen molar-refractivity contribution in [3.8, 4) is 17.2 Å². The highest BCUT2D eigenvalue weighted by Gasteiger charge is 2.15. The topological polar surface area (TPSA) is 121 Å². The molecule has 3 aromatic carbocycles. The zero-order valence-electron chi connectivity index (χ0n) is 23.8. The highest BCUT2D eigenvalue weighted by Crippen LogP contribution is 2.28. The lowest BCUT2D eigenvalue weighted by atomic mass is 10.1. The minimum atomic E-state index is -0.257. The Morgan fingerprint density at radius 1 is 0.881 bits per heavy atom. The molecular weight excluding hydrogens is 556 g/mol. The normalized spacial score (nSPS) is 10.7. The van der Waals surface area contributed by atoms with Crippen molar-refractivity contribution in [2.45, 2.75) is 31.0 Å². The molecule has 0 aliphatic rings. The minimum Gasteiger partial charge on any atom is -0.495 e. The fraction of sp³-hybridized carbons (Fsp3) is 0.290. The Bertz CT molecular complexity index is 1610. The second-order valence-corrected chi connectivity index (χ2v) is 10.2. The van der Waals surface area contributed by atoms with Gasteiger partial charge in [0.1, 0.15) is 5.75 Å². The van der Waals surface area contributed by atoms with Crippen molar-refractivity contribution in [3.63, 3.8) is 0 Å². The minimum absolute atomic E-state index is 0.0411. The highest BCUT2D eigenvalue weighted by atomic mass is 32.2. The summed E-state index contributed by atoms with van der Waals surface area (Å²) in [6.45, 7) is 0.754. The van der Waals surface area contributed by atoms with Crippen LogP contribution in [0, 0.1) is 0 Å². The van der Waals surface area contributed by atoms with Gasteiger partial charge in [-0.05, 0) is 54.8 Å². The maximum atomic E-state index is 13.3. The second kappa shape index (κ2) is 14.9. The summed E-state index contributed by atoms with van der Waals surface area (Å²) in [5.41, 5.74) is 1.92. The van der Waals surface area contributed by atoms with E-state index in [4.69, 9.17) is 14.2 Å². The molecule has 42 heavy (non-hydrogen) atoms. The third-order valence-electron chi connectivity index (χ3n) is 6.51. The number of thioether (sulfide) groups is 1. The number of methoxy groups -OCH3 is 3. The van der Waals surface area contributed by atoms with Crippen LogP contribution in [0.15, 0.2) is 76.7 Å². The van der Waals surface area contributed by atoms with E-state index in [2.05, 4.69) is 15.6 Å². The number of hydrogen-bond acceptors (Lipinski definition) is 8. The fourth-order valence-electron chi connectivity index (χ4n) is 4.39. The maximum Gasteiger partial charge on any atom is 0.262 e. The fourth-order valence-corrected chi connectivity index (χ4v) is 5.21. The number of aromatic nitrogens is 2. The molecule has 0 bridgehead atoms. The molecule has 2 N–H and O–H groups in total. The van der Waals surface area contributed by atoms with Crippen LogP contribution in [-0.2, 0) is 22.6 Å². The summed E-state index contributed by atoms with van der Waals surface area (Å²) in [5, 5.41) is 6.68. The summed E-state index contributed by atoms with van der Waals surface area (Å²) >= 11 is 1.17. The van der Waals surface area contributed by atoms with Crippen LogP contribution in [0.1, 0.15) is 18.4 Å². The number of ether oxygens (including phenoxy) is 3. The van der Waals surface area contributed by atoms with E-state index in [9.17, 15) is 14.4 Å². The number of benzene rings is 3. The lowest BCUT2D eigenvalue weighted by Gasteiger charge is -2.14. The number of anilines is 1. The second-order valence-electron chi connectivity index (χ2n) is 9.30. The van der Waals surface area contributed by atoms with E-state index in [1.54, 1.807) is 55.2 Å². The molecule has 1 aromatic heterocycles. The van der Waals surface area contributed by atoms with Crippen molar-refractivity contribution >= 4 is 40.2 Å². The first-order chi connectivity index (χ1) is 20.4. The zero-order valence-corrected chi connectivity index (χ0v) is 24.7. The predicted molar refractivity (Wildman–Crippen MR) is 164 cm³/mol. The molecule has 0 saturated heterocycles. The van der Waals surface area contributed by atoms with Gasteiger partial charge in [-0.25, -0.2) is 4.98 Å². The van der Waals surface area contributed by atoms with Gasteiger partial charge in [-0.15, -0.1) is 0 Å². The largest absolute Gasteiger partial charge is 0.495 e. The van der Waals surface area contributed by atoms with Crippen LogP contribution in [0.4, 0.5) is 5.69 Å². The number of carbonyl (C=O) groups excluding carboxylic acids is 2. The Morgan fingerprint density at radius 2 is 1.62 bits per heavy atom. The molecule has 10 nitrogen and oxygen atoms in total. The molecule has 0 spiro atoms. The first-order valence-electron chi connectivity index (χ1n) is 13.5. The van der Waals surface area contributed by atoms with Gasteiger partial charge in [-0.1, -0.05) is 42.1 Å². The van der Waals surface area contributed by atoms with Crippen LogP contribution in [0.2, 0.25) is 0 Å². The molecule has 0 aliphatic heterocycles. The molecule has 4 aromatic rings. The maximum absolute atomic E-state index is 13.3. The smallest absolute Gasteiger partial charge is 0.262 e. The quantitative estimate of drug-likeness (QED) is 0.165. The van der Waals surface area contributed by atoms with Crippen molar-refractivity contribution in [3.05, 3.63) is 82.6 Å². The number of nitrogens with one attached hydrogen (secondary N) is 2. The lowest BCUT2D eigenvalue weighted by Crippen LogP contribution is -2.27. The summed E-state index contributed by atoms with van der Waals surface area (Å²) in [5.74, 6) is 1.52. The summed E-state index contributed by atoms with van der Waals surface area (Å²) < 4.78 is 17.4. The number of nitrogens with zero attached hydrogens (tertiary/aromatic N) is 2. The summed E-state index contributed by atoms with van der Waals surface area (Å²) in [6, 6.07) is 19.9. The van der Waals surface area contributed by atoms with E-state index in [1.165, 1.54) is 18.9 Å². The predicted octanol–water partition coefficient (Wildman–Crippen LogP) is 4.29. The zero-order chi connectivity index (χ0) is 29.9. The van der Waals surface area contributed by atoms with Gasteiger partial charge in [0, 0.05) is 19.5 Å². The van der Waals surface area contributed by atoms with Gasteiger partial charge in [0.2, 0.25) is 11.8 Å². The van der Waals surface area contributed by atoms with Crippen LogP contribution in [-0.4, -0.2) is 55.0 Å². The molecule has 1 heterocycles. The van der Waals surface area contributed by atoms with Crippen molar-refractivity contribution in [1.82, 2.24) is 14.9 Å². The molecule has 11 heteroatoms. The summed E-state index contributed by atoms with van der Waals surface area (Å²) in [7, 11) is 4.71. The Balaban J connectivity index is 1.36. The van der Waals surface area contributed by atoms with Gasteiger partial charge in [-0.2, -0.15) is 0 Å².